The lowest BCUT2D eigenvalue weighted by Gasteiger charge is -2.27. The van der Waals surface area contributed by atoms with Gasteiger partial charge in [-0.05, 0) is 31.6 Å². The Hall–Kier alpha value is 0.250. The number of nitrogens with one attached hydrogen (secondary N) is 1. The Morgan fingerprint density at radius 3 is 2.18 bits per heavy atom. The van der Waals surface area contributed by atoms with E-state index in [0.717, 1.165) is 18.0 Å². The van der Waals surface area contributed by atoms with E-state index in [4.69, 9.17) is 0 Å². The lowest BCUT2D eigenvalue weighted by atomic mass is 9.90. The molecule has 2 saturated heterocycles. The average Bonchev–Trinajstić information content (AvgIpc) is 2.30. The molecule has 2 unspecified atom stereocenters. The zero-order chi connectivity index (χ0) is 6.97. The van der Waals surface area contributed by atoms with E-state index in [1.165, 1.54) is 32.1 Å². The summed E-state index contributed by atoms with van der Waals surface area (Å²) in [6.45, 7) is 2.33. The van der Waals surface area contributed by atoms with Crippen molar-refractivity contribution in [1.82, 2.24) is 5.32 Å². The first-order valence-electron chi connectivity index (χ1n) is 4.64. The molecule has 2 heteroatoms. The fraction of sp³-hybridized carbons (Fsp3) is 1.00. The Morgan fingerprint density at radius 1 is 1.18 bits per heavy atom. The van der Waals surface area contributed by atoms with Crippen molar-refractivity contribution in [1.29, 1.82) is 0 Å². The predicted molar refractivity (Wildman–Crippen MR) is 50.2 cm³/mol. The largest absolute Gasteiger partial charge is 0.311 e. The quantitative estimate of drug-likeness (QED) is 0.645. The van der Waals surface area contributed by atoms with E-state index in [-0.39, 0.29) is 12.4 Å². The number of hydrogen-bond donors (Lipinski definition) is 1. The second-order valence-corrected chi connectivity index (χ2v) is 3.88. The van der Waals surface area contributed by atoms with Gasteiger partial charge in [-0.1, -0.05) is 13.3 Å². The van der Waals surface area contributed by atoms with Gasteiger partial charge in [0.05, 0.1) is 0 Å². The number of hydrogen-bond acceptors (Lipinski definition) is 1. The molecule has 2 aliphatic heterocycles. The van der Waals surface area contributed by atoms with Gasteiger partial charge in [-0.15, -0.1) is 12.4 Å². The molecule has 0 amide bonds. The van der Waals surface area contributed by atoms with Gasteiger partial charge >= 0.3 is 0 Å². The highest BCUT2D eigenvalue weighted by Gasteiger charge is 2.32. The molecule has 0 aromatic rings. The van der Waals surface area contributed by atoms with Gasteiger partial charge in [0.2, 0.25) is 0 Å². The topological polar surface area (TPSA) is 12.0 Å². The second kappa shape index (κ2) is 3.77. The molecule has 0 aromatic heterocycles. The third-order valence-corrected chi connectivity index (χ3v) is 3.15. The number of rotatable bonds is 1. The molecule has 1 N–H and O–H groups in total. The summed E-state index contributed by atoms with van der Waals surface area (Å²) in [6.07, 6.45) is 7.19. The van der Waals surface area contributed by atoms with Crippen LogP contribution in [0.2, 0.25) is 0 Å². The van der Waals surface area contributed by atoms with Crippen LogP contribution in [0.15, 0.2) is 0 Å². The molecule has 2 aliphatic rings. The van der Waals surface area contributed by atoms with Crippen LogP contribution in [0.1, 0.15) is 39.0 Å². The fourth-order valence-corrected chi connectivity index (χ4v) is 2.51. The van der Waals surface area contributed by atoms with Gasteiger partial charge in [-0.3, -0.25) is 0 Å². The van der Waals surface area contributed by atoms with Crippen molar-refractivity contribution in [2.75, 3.05) is 0 Å². The normalized spacial score (nSPS) is 41.7. The first-order valence-corrected chi connectivity index (χ1v) is 4.64. The van der Waals surface area contributed by atoms with Crippen LogP contribution in [0, 0.1) is 5.92 Å². The van der Waals surface area contributed by atoms with Gasteiger partial charge < -0.3 is 5.32 Å². The third-order valence-electron chi connectivity index (χ3n) is 3.15. The van der Waals surface area contributed by atoms with Gasteiger partial charge in [0, 0.05) is 12.1 Å². The summed E-state index contributed by atoms with van der Waals surface area (Å²) in [7, 11) is 0. The van der Waals surface area contributed by atoms with Crippen LogP contribution in [0.3, 0.4) is 0 Å². The molecule has 2 fully saturated rings. The Morgan fingerprint density at radius 2 is 1.73 bits per heavy atom. The molecule has 1 nitrogen and oxygen atoms in total. The van der Waals surface area contributed by atoms with Crippen molar-refractivity contribution >= 4 is 12.4 Å². The van der Waals surface area contributed by atoms with Crippen molar-refractivity contribution in [3.8, 4) is 0 Å². The van der Waals surface area contributed by atoms with E-state index in [1.807, 2.05) is 0 Å². The van der Waals surface area contributed by atoms with Gasteiger partial charge in [0.15, 0.2) is 0 Å². The molecule has 2 heterocycles. The smallest absolute Gasteiger partial charge is 0.00728 e. The molecule has 0 saturated carbocycles. The fourth-order valence-electron chi connectivity index (χ4n) is 2.51. The van der Waals surface area contributed by atoms with Crippen molar-refractivity contribution in [2.24, 2.45) is 5.92 Å². The van der Waals surface area contributed by atoms with Crippen molar-refractivity contribution in [3.05, 3.63) is 0 Å². The predicted octanol–water partition coefficient (Wildman–Crippen LogP) is 2.35. The van der Waals surface area contributed by atoms with Gasteiger partial charge in [-0.2, -0.15) is 0 Å². The maximum Gasteiger partial charge on any atom is 0.00728 e. The summed E-state index contributed by atoms with van der Waals surface area (Å²) >= 11 is 0. The molecule has 2 rings (SSSR count). The van der Waals surface area contributed by atoms with Gasteiger partial charge in [-0.25, -0.2) is 0 Å². The zero-order valence-electron chi connectivity index (χ0n) is 7.18. The molecule has 0 aromatic carbocycles. The van der Waals surface area contributed by atoms with Crippen LogP contribution in [-0.2, 0) is 0 Å². The van der Waals surface area contributed by atoms with Crippen LogP contribution in [0.25, 0.3) is 0 Å². The molecule has 0 spiro atoms. The second-order valence-electron chi connectivity index (χ2n) is 3.88. The monoisotopic (exact) mass is 175 g/mol. The minimum atomic E-state index is 0. The summed E-state index contributed by atoms with van der Waals surface area (Å²) in [5.74, 6) is 1.04. The summed E-state index contributed by atoms with van der Waals surface area (Å²) in [6, 6.07) is 1.78. The number of fused-ring (bicyclic) bond motifs is 2. The third kappa shape index (κ3) is 1.88. The Bertz CT molecular complexity index is 115. The standard InChI is InChI=1S/C9H17N.ClH/c1-2-7-5-8-3-4-9(6-7)10-8;/h7-10H,2-6H2,1H3;1H. The highest BCUT2D eigenvalue weighted by atomic mass is 35.5. The number of piperidine rings is 1. The van der Waals surface area contributed by atoms with E-state index in [0.29, 0.717) is 0 Å². The first kappa shape index (κ1) is 9.34. The Labute approximate surface area is 75.4 Å². The zero-order valence-corrected chi connectivity index (χ0v) is 7.99. The van der Waals surface area contributed by atoms with Crippen molar-refractivity contribution < 1.29 is 0 Å². The van der Waals surface area contributed by atoms with Gasteiger partial charge in [0.1, 0.15) is 0 Å². The Balaban J connectivity index is 0.000000605. The summed E-state index contributed by atoms with van der Waals surface area (Å²) in [5.41, 5.74) is 0. The lowest BCUT2D eigenvalue weighted by molar-refractivity contribution is 0.293. The highest BCUT2D eigenvalue weighted by Crippen LogP contribution is 2.32. The van der Waals surface area contributed by atoms with E-state index in [9.17, 15) is 0 Å². The average molecular weight is 176 g/mol. The van der Waals surface area contributed by atoms with Crippen LogP contribution in [0.4, 0.5) is 0 Å². The first-order chi connectivity index (χ1) is 4.88. The highest BCUT2D eigenvalue weighted by molar-refractivity contribution is 5.85. The van der Waals surface area contributed by atoms with Crippen molar-refractivity contribution in [3.63, 3.8) is 0 Å². The van der Waals surface area contributed by atoms with Gasteiger partial charge in [0.25, 0.3) is 0 Å². The number of halogens is 1. The molecule has 0 radical (unpaired) electrons. The molecule has 2 bridgehead atoms. The minimum Gasteiger partial charge on any atom is -0.311 e. The van der Waals surface area contributed by atoms with Crippen molar-refractivity contribution in [2.45, 2.75) is 51.1 Å². The molecule has 66 valence electrons. The van der Waals surface area contributed by atoms with E-state index in [2.05, 4.69) is 12.2 Å². The SMILES string of the molecule is CCC1CC2CCC(C1)N2.Cl. The maximum absolute atomic E-state index is 3.65. The van der Waals surface area contributed by atoms with E-state index < -0.39 is 0 Å². The molecule has 11 heavy (non-hydrogen) atoms. The minimum absolute atomic E-state index is 0. The summed E-state index contributed by atoms with van der Waals surface area (Å²) < 4.78 is 0. The molecule has 0 aliphatic carbocycles. The summed E-state index contributed by atoms with van der Waals surface area (Å²) in [5, 5.41) is 3.65. The van der Waals surface area contributed by atoms with Crippen LogP contribution < -0.4 is 5.32 Å². The van der Waals surface area contributed by atoms with E-state index in [1.54, 1.807) is 0 Å². The van der Waals surface area contributed by atoms with Crippen LogP contribution in [0.5, 0.6) is 0 Å². The Kier molecular flexibility index (Phi) is 3.20. The van der Waals surface area contributed by atoms with Crippen LogP contribution in [-0.4, -0.2) is 12.1 Å². The lowest BCUT2D eigenvalue weighted by Crippen LogP contribution is -2.37. The molecular formula is C9H18ClN. The van der Waals surface area contributed by atoms with Crippen LogP contribution >= 0.6 is 12.4 Å². The summed E-state index contributed by atoms with van der Waals surface area (Å²) in [4.78, 5) is 0. The molecular weight excluding hydrogens is 158 g/mol. The maximum atomic E-state index is 3.65. The molecule has 2 atom stereocenters. The van der Waals surface area contributed by atoms with E-state index >= 15 is 0 Å².